The molecule has 0 aliphatic heterocycles. The van der Waals surface area contributed by atoms with Crippen LogP contribution in [0, 0.1) is 5.41 Å². The van der Waals surface area contributed by atoms with Gasteiger partial charge in [-0.05, 0) is 31.3 Å². The molecule has 70 valence electrons. The molecule has 0 unspecified atom stereocenters. The minimum absolute atomic E-state index is 0.175. The molecule has 2 N–H and O–H groups in total. The molecule has 2 nitrogen and oxygen atoms in total. The molecule has 2 atom stereocenters. The van der Waals surface area contributed by atoms with E-state index in [1.807, 2.05) is 27.7 Å². The second kappa shape index (κ2) is 2.86. The summed E-state index contributed by atoms with van der Waals surface area (Å²) >= 11 is 0. The van der Waals surface area contributed by atoms with Crippen molar-refractivity contribution in [2.75, 3.05) is 0 Å². The fraction of sp³-hybridized carbons (Fsp3) is 0.800. The summed E-state index contributed by atoms with van der Waals surface area (Å²) in [5.41, 5.74) is 1.96. The molecule has 1 rings (SSSR count). The molecule has 1 aliphatic rings. The van der Waals surface area contributed by atoms with E-state index in [9.17, 15) is 10.2 Å². The summed E-state index contributed by atoms with van der Waals surface area (Å²) in [4.78, 5) is 0. The van der Waals surface area contributed by atoms with Crippen LogP contribution in [-0.4, -0.2) is 22.4 Å². The van der Waals surface area contributed by atoms with Crippen LogP contribution in [-0.2, 0) is 0 Å². The zero-order valence-electron chi connectivity index (χ0n) is 8.26. The van der Waals surface area contributed by atoms with Gasteiger partial charge in [-0.3, -0.25) is 0 Å². The van der Waals surface area contributed by atoms with Crippen molar-refractivity contribution in [2.24, 2.45) is 5.41 Å². The van der Waals surface area contributed by atoms with E-state index < -0.39 is 12.2 Å². The Labute approximate surface area is 73.9 Å². The molecule has 12 heavy (non-hydrogen) atoms. The van der Waals surface area contributed by atoms with Crippen LogP contribution in [0.15, 0.2) is 11.1 Å². The van der Waals surface area contributed by atoms with Crippen LogP contribution in [0.1, 0.15) is 34.1 Å². The molecule has 1 aliphatic carbocycles. The second-order valence-electron chi connectivity index (χ2n) is 4.58. The minimum atomic E-state index is -0.648. The van der Waals surface area contributed by atoms with Crippen molar-refractivity contribution in [2.45, 2.75) is 46.3 Å². The fourth-order valence-corrected chi connectivity index (χ4v) is 1.79. The summed E-state index contributed by atoms with van der Waals surface area (Å²) < 4.78 is 0. The maximum atomic E-state index is 9.66. The van der Waals surface area contributed by atoms with Crippen LogP contribution in [0.3, 0.4) is 0 Å². The first-order valence-electron chi connectivity index (χ1n) is 4.38. The topological polar surface area (TPSA) is 40.5 Å². The van der Waals surface area contributed by atoms with Gasteiger partial charge in [-0.25, -0.2) is 0 Å². The summed E-state index contributed by atoms with van der Waals surface area (Å²) in [6.45, 7) is 7.92. The Bertz CT molecular complexity index is 212. The fourth-order valence-electron chi connectivity index (χ4n) is 1.79. The number of aliphatic hydroxyl groups is 2. The van der Waals surface area contributed by atoms with Crippen LogP contribution in [0.25, 0.3) is 0 Å². The molecule has 1 fully saturated rings. The molecule has 0 radical (unpaired) electrons. The van der Waals surface area contributed by atoms with Crippen molar-refractivity contribution in [1.82, 2.24) is 0 Å². The molecular weight excluding hydrogens is 152 g/mol. The van der Waals surface area contributed by atoms with Crippen LogP contribution < -0.4 is 0 Å². The minimum Gasteiger partial charge on any atom is -0.390 e. The van der Waals surface area contributed by atoms with Crippen molar-refractivity contribution in [3.8, 4) is 0 Å². The van der Waals surface area contributed by atoms with Gasteiger partial charge < -0.3 is 10.2 Å². The van der Waals surface area contributed by atoms with E-state index >= 15 is 0 Å². The highest BCUT2D eigenvalue weighted by atomic mass is 16.3. The van der Waals surface area contributed by atoms with Crippen molar-refractivity contribution < 1.29 is 10.2 Å². The van der Waals surface area contributed by atoms with E-state index in [1.54, 1.807) is 0 Å². The molecule has 0 saturated heterocycles. The van der Waals surface area contributed by atoms with Gasteiger partial charge in [0.2, 0.25) is 0 Å². The van der Waals surface area contributed by atoms with Crippen molar-refractivity contribution >= 4 is 0 Å². The summed E-state index contributed by atoms with van der Waals surface area (Å²) in [6.07, 6.45) is -0.454. The summed E-state index contributed by atoms with van der Waals surface area (Å²) in [7, 11) is 0. The lowest BCUT2D eigenvalue weighted by atomic mass is 9.89. The number of hydrogen-bond donors (Lipinski definition) is 2. The molecule has 1 saturated carbocycles. The molecule has 0 aromatic heterocycles. The van der Waals surface area contributed by atoms with E-state index in [-0.39, 0.29) is 5.41 Å². The first-order valence-corrected chi connectivity index (χ1v) is 4.38. The van der Waals surface area contributed by atoms with Gasteiger partial charge >= 0.3 is 0 Å². The number of rotatable bonds is 0. The van der Waals surface area contributed by atoms with Crippen LogP contribution >= 0.6 is 0 Å². The van der Waals surface area contributed by atoms with E-state index in [1.165, 1.54) is 0 Å². The predicted octanol–water partition coefficient (Wildman–Crippen LogP) is 1.47. The molecular formula is C10H18O2. The number of allylic oxidation sites excluding steroid dienone is 1. The van der Waals surface area contributed by atoms with Gasteiger partial charge in [0.15, 0.2) is 0 Å². The third-order valence-electron chi connectivity index (χ3n) is 2.75. The molecule has 2 heteroatoms. The number of hydrogen-bond acceptors (Lipinski definition) is 2. The quantitative estimate of drug-likeness (QED) is 0.540. The third kappa shape index (κ3) is 1.41. The maximum Gasteiger partial charge on any atom is 0.102 e. The van der Waals surface area contributed by atoms with Gasteiger partial charge in [-0.15, -0.1) is 0 Å². The van der Waals surface area contributed by atoms with Gasteiger partial charge in [0.05, 0.1) is 6.10 Å². The predicted molar refractivity (Wildman–Crippen MR) is 48.8 cm³/mol. The maximum absolute atomic E-state index is 9.66. The summed E-state index contributed by atoms with van der Waals surface area (Å²) in [5, 5.41) is 19.3. The second-order valence-corrected chi connectivity index (χ2v) is 4.58. The Morgan fingerprint density at radius 3 is 2.00 bits per heavy atom. The van der Waals surface area contributed by atoms with Gasteiger partial charge in [-0.2, -0.15) is 0 Å². The van der Waals surface area contributed by atoms with E-state index in [2.05, 4.69) is 0 Å². The lowest BCUT2D eigenvalue weighted by Gasteiger charge is -2.22. The molecule has 0 aromatic carbocycles. The Balaban J connectivity index is 2.97. The van der Waals surface area contributed by atoms with Gasteiger partial charge in [-0.1, -0.05) is 19.4 Å². The van der Waals surface area contributed by atoms with E-state index in [0.717, 1.165) is 17.6 Å². The molecule has 0 bridgehead atoms. The highest BCUT2D eigenvalue weighted by molar-refractivity contribution is 5.24. The molecule has 0 amide bonds. The molecule has 0 spiro atoms. The van der Waals surface area contributed by atoms with Gasteiger partial charge in [0.25, 0.3) is 0 Å². The van der Waals surface area contributed by atoms with Crippen molar-refractivity contribution in [3.63, 3.8) is 0 Å². The zero-order chi connectivity index (χ0) is 9.52. The van der Waals surface area contributed by atoms with Crippen molar-refractivity contribution in [3.05, 3.63) is 11.1 Å². The Morgan fingerprint density at radius 2 is 1.83 bits per heavy atom. The Hall–Kier alpha value is -0.340. The lowest BCUT2D eigenvalue weighted by Crippen LogP contribution is -2.31. The molecule has 0 aromatic rings. The molecule has 0 heterocycles. The first-order chi connectivity index (χ1) is 5.36. The van der Waals surface area contributed by atoms with Crippen LogP contribution in [0.5, 0.6) is 0 Å². The van der Waals surface area contributed by atoms with Crippen LogP contribution in [0.2, 0.25) is 0 Å². The number of aliphatic hydroxyl groups excluding tert-OH is 2. The largest absolute Gasteiger partial charge is 0.390 e. The summed E-state index contributed by atoms with van der Waals surface area (Å²) in [6, 6.07) is 0. The van der Waals surface area contributed by atoms with Crippen molar-refractivity contribution in [1.29, 1.82) is 0 Å². The third-order valence-corrected chi connectivity index (χ3v) is 2.75. The standard InChI is InChI=1S/C10H18O2/c1-6(2)7-5-10(3,4)9(12)8(7)11/h8-9,11-12H,5H2,1-4H3/t8-,9-/m1/s1. The van der Waals surface area contributed by atoms with Gasteiger partial charge in [0.1, 0.15) is 6.10 Å². The monoisotopic (exact) mass is 170 g/mol. The Morgan fingerprint density at radius 1 is 1.33 bits per heavy atom. The summed E-state index contributed by atoms with van der Waals surface area (Å²) in [5.74, 6) is 0. The van der Waals surface area contributed by atoms with E-state index in [0.29, 0.717) is 0 Å². The Kier molecular flexibility index (Phi) is 2.32. The highest BCUT2D eigenvalue weighted by Crippen LogP contribution is 2.42. The van der Waals surface area contributed by atoms with E-state index in [4.69, 9.17) is 0 Å². The average Bonchev–Trinajstić information content (AvgIpc) is 2.14. The zero-order valence-corrected chi connectivity index (χ0v) is 8.26. The van der Waals surface area contributed by atoms with Gasteiger partial charge in [0, 0.05) is 0 Å². The smallest absolute Gasteiger partial charge is 0.102 e. The van der Waals surface area contributed by atoms with Crippen LogP contribution in [0.4, 0.5) is 0 Å². The lowest BCUT2D eigenvalue weighted by molar-refractivity contribution is -0.000226. The first kappa shape index (κ1) is 9.75. The normalized spacial score (nSPS) is 34.0. The highest BCUT2D eigenvalue weighted by Gasteiger charge is 2.43. The SMILES string of the molecule is CC(C)=C1CC(C)(C)[C@H](O)[C@@H]1O. The average molecular weight is 170 g/mol.